The number of aryl methyl sites for hydroxylation is 1. The van der Waals surface area contributed by atoms with E-state index in [2.05, 4.69) is 31.7 Å². The van der Waals surface area contributed by atoms with Crippen molar-refractivity contribution in [2.75, 3.05) is 6.61 Å². The Kier molecular flexibility index (Phi) is 7.63. The van der Waals surface area contributed by atoms with Gasteiger partial charge in [-0.05, 0) is 53.3 Å². The van der Waals surface area contributed by atoms with Crippen molar-refractivity contribution in [2.45, 2.75) is 58.3 Å². The van der Waals surface area contributed by atoms with E-state index in [0.29, 0.717) is 17.6 Å². The van der Waals surface area contributed by atoms with Gasteiger partial charge < -0.3 is 4.74 Å². The molecule has 3 aromatic carbocycles. The molecule has 0 bridgehead atoms. The highest BCUT2D eigenvalue weighted by Gasteiger charge is 2.20. The summed E-state index contributed by atoms with van der Waals surface area (Å²) < 4.78 is 20.9. The van der Waals surface area contributed by atoms with Gasteiger partial charge in [0.05, 0.1) is 0 Å². The number of ether oxygens (including phenoxy) is 1. The van der Waals surface area contributed by atoms with Gasteiger partial charge in [-0.2, -0.15) is 0 Å². The van der Waals surface area contributed by atoms with E-state index in [-0.39, 0.29) is 5.82 Å². The molecule has 1 aliphatic carbocycles. The Morgan fingerprint density at radius 3 is 2.34 bits per heavy atom. The lowest BCUT2D eigenvalue weighted by atomic mass is 9.78. The predicted molar refractivity (Wildman–Crippen MR) is 134 cm³/mol. The van der Waals surface area contributed by atoms with E-state index >= 15 is 4.39 Å². The van der Waals surface area contributed by atoms with Gasteiger partial charge >= 0.3 is 0 Å². The van der Waals surface area contributed by atoms with Gasteiger partial charge in [0, 0.05) is 10.9 Å². The number of hydrogen-bond donors (Lipinski definition) is 0. The van der Waals surface area contributed by atoms with Crippen molar-refractivity contribution in [1.29, 1.82) is 0 Å². The lowest BCUT2D eigenvalue weighted by Gasteiger charge is -2.28. The zero-order valence-corrected chi connectivity index (χ0v) is 19.3. The molecule has 0 spiro atoms. The molecule has 0 aliphatic heterocycles. The van der Waals surface area contributed by atoms with Gasteiger partial charge in [-0.1, -0.05) is 101 Å². The molecule has 0 aromatic heterocycles. The summed E-state index contributed by atoms with van der Waals surface area (Å²) >= 11 is 0. The zero-order chi connectivity index (χ0) is 22.3. The van der Waals surface area contributed by atoms with Gasteiger partial charge in [0.2, 0.25) is 0 Å². The van der Waals surface area contributed by atoms with Gasteiger partial charge in [-0.15, -0.1) is 0 Å². The van der Waals surface area contributed by atoms with Gasteiger partial charge in [0.1, 0.15) is 18.2 Å². The molecule has 0 amide bonds. The molecule has 0 radical (unpaired) electrons. The molecule has 1 aliphatic rings. The summed E-state index contributed by atoms with van der Waals surface area (Å²) in [6.07, 6.45) is 12.4. The molecule has 0 unspecified atom stereocenters. The van der Waals surface area contributed by atoms with Crippen LogP contribution in [0.15, 0.2) is 67.3 Å². The average molecular weight is 431 g/mol. The maximum Gasteiger partial charge on any atom is 0.138 e. The van der Waals surface area contributed by atoms with Crippen LogP contribution in [-0.2, 0) is 6.42 Å². The minimum Gasteiger partial charge on any atom is -0.490 e. The Morgan fingerprint density at radius 2 is 1.66 bits per heavy atom. The van der Waals surface area contributed by atoms with Crippen molar-refractivity contribution in [3.63, 3.8) is 0 Å². The van der Waals surface area contributed by atoms with Crippen LogP contribution >= 0.6 is 0 Å². The Hall–Kier alpha value is -2.61. The molecule has 168 valence electrons. The number of rotatable bonds is 9. The minimum absolute atomic E-state index is 0.150. The smallest absolute Gasteiger partial charge is 0.138 e. The minimum atomic E-state index is -0.150. The summed E-state index contributed by atoms with van der Waals surface area (Å²) in [7, 11) is 0. The maximum absolute atomic E-state index is 15.3. The normalized spacial score (nSPS) is 18.6. The first kappa shape index (κ1) is 22.6. The van der Waals surface area contributed by atoms with Crippen LogP contribution in [0.1, 0.15) is 57.4 Å². The van der Waals surface area contributed by atoms with Crippen LogP contribution in [0.2, 0.25) is 0 Å². The molecule has 2 heteroatoms. The molecule has 0 atom stereocenters. The first-order valence-electron chi connectivity index (χ1n) is 12.2. The molecule has 1 saturated carbocycles. The van der Waals surface area contributed by atoms with E-state index in [9.17, 15) is 0 Å². The molecule has 1 fully saturated rings. The third-order valence-corrected chi connectivity index (χ3v) is 7.06. The standard InChI is InChI=1S/C30H35FO/c1-3-5-22-6-8-23(9-7-22)10-11-24-12-18-29-26(21-24)15-19-28(30(29)31)25-13-16-27(17-14-25)32-20-4-2/h4,12-19,21-23H,2-3,5-11,20H2,1H3/t22-,23-. The van der Waals surface area contributed by atoms with Gasteiger partial charge in [0.15, 0.2) is 0 Å². The van der Waals surface area contributed by atoms with E-state index in [1.54, 1.807) is 6.08 Å². The summed E-state index contributed by atoms with van der Waals surface area (Å²) in [6.45, 7) is 6.42. The molecular weight excluding hydrogens is 395 g/mol. The first-order chi connectivity index (χ1) is 15.7. The Balaban J connectivity index is 1.42. The number of hydrogen-bond acceptors (Lipinski definition) is 1. The lowest BCUT2D eigenvalue weighted by Crippen LogP contribution is -2.15. The maximum atomic E-state index is 15.3. The fourth-order valence-corrected chi connectivity index (χ4v) is 5.19. The van der Waals surface area contributed by atoms with Gasteiger partial charge in [-0.25, -0.2) is 4.39 Å². The van der Waals surface area contributed by atoms with E-state index in [1.807, 2.05) is 36.4 Å². The summed E-state index contributed by atoms with van der Waals surface area (Å²) in [5, 5.41) is 1.68. The molecular formula is C30H35FO. The Morgan fingerprint density at radius 1 is 0.938 bits per heavy atom. The van der Waals surface area contributed by atoms with E-state index in [0.717, 1.165) is 35.0 Å². The lowest BCUT2D eigenvalue weighted by molar-refractivity contribution is 0.252. The zero-order valence-electron chi connectivity index (χ0n) is 19.3. The highest BCUT2D eigenvalue weighted by molar-refractivity contribution is 5.88. The summed E-state index contributed by atoms with van der Waals surface area (Å²) in [5.74, 6) is 2.43. The molecule has 1 nitrogen and oxygen atoms in total. The third-order valence-electron chi connectivity index (χ3n) is 7.06. The SMILES string of the molecule is C=CCOc1ccc(-c2ccc3cc(CC[C@H]4CC[C@H](CCC)CC4)ccc3c2F)cc1. The second-order valence-corrected chi connectivity index (χ2v) is 9.32. The summed E-state index contributed by atoms with van der Waals surface area (Å²) in [5.41, 5.74) is 2.81. The van der Waals surface area contributed by atoms with Crippen molar-refractivity contribution < 1.29 is 9.13 Å². The van der Waals surface area contributed by atoms with E-state index in [4.69, 9.17) is 4.74 Å². The molecule has 0 N–H and O–H groups in total. The summed E-state index contributed by atoms with van der Waals surface area (Å²) in [4.78, 5) is 0. The van der Waals surface area contributed by atoms with E-state index < -0.39 is 0 Å². The number of benzene rings is 3. The van der Waals surface area contributed by atoms with Crippen molar-refractivity contribution in [3.8, 4) is 16.9 Å². The quantitative estimate of drug-likeness (QED) is 0.308. The fraction of sp³-hybridized carbons (Fsp3) is 0.400. The van der Waals surface area contributed by atoms with Crippen LogP contribution in [0.25, 0.3) is 21.9 Å². The van der Waals surface area contributed by atoms with Crippen LogP contribution in [0, 0.1) is 17.7 Å². The number of halogens is 1. The highest BCUT2D eigenvalue weighted by Crippen LogP contribution is 2.35. The van der Waals surface area contributed by atoms with Crippen LogP contribution < -0.4 is 4.74 Å². The van der Waals surface area contributed by atoms with Gasteiger partial charge in [0.25, 0.3) is 0 Å². The third kappa shape index (κ3) is 5.41. The molecule has 0 saturated heterocycles. The van der Waals surface area contributed by atoms with Crippen molar-refractivity contribution in [2.24, 2.45) is 11.8 Å². The van der Waals surface area contributed by atoms with E-state index in [1.165, 1.54) is 50.5 Å². The second-order valence-electron chi connectivity index (χ2n) is 9.32. The second kappa shape index (κ2) is 10.8. The van der Waals surface area contributed by atoms with Crippen molar-refractivity contribution in [1.82, 2.24) is 0 Å². The average Bonchev–Trinajstić information content (AvgIpc) is 2.83. The first-order valence-corrected chi connectivity index (χ1v) is 12.2. The topological polar surface area (TPSA) is 9.23 Å². The largest absolute Gasteiger partial charge is 0.490 e. The van der Waals surface area contributed by atoms with Crippen molar-refractivity contribution >= 4 is 10.8 Å². The van der Waals surface area contributed by atoms with Gasteiger partial charge in [-0.3, -0.25) is 0 Å². The summed E-state index contributed by atoms with van der Waals surface area (Å²) in [6, 6.07) is 17.8. The van der Waals surface area contributed by atoms with Crippen LogP contribution in [0.3, 0.4) is 0 Å². The Bertz CT molecular complexity index is 1030. The Labute approximate surface area is 192 Å². The monoisotopic (exact) mass is 430 g/mol. The molecule has 0 heterocycles. The molecule has 32 heavy (non-hydrogen) atoms. The highest BCUT2D eigenvalue weighted by atomic mass is 19.1. The van der Waals surface area contributed by atoms with Crippen molar-refractivity contribution in [3.05, 3.63) is 78.6 Å². The van der Waals surface area contributed by atoms with Crippen LogP contribution in [0.4, 0.5) is 4.39 Å². The van der Waals surface area contributed by atoms with Crippen LogP contribution in [-0.4, -0.2) is 6.61 Å². The number of fused-ring (bicyclic) bond motifs is 1. The molecule has 3 aromatic rings. The fourth-order valence-electron chi connectivity index (χ4n) is 5.19. The predicted octanol–water partition coefficient (Wildman–Crippen LogP) is 8.75. The van der Waals surface area contributed by atoms with Crippen LogP contribution in [0.5, 0.6) is 5.75 Å². The molecule has 4 rings (SSSR count).